The first-order chi connectivity index (χ1) is 12.8. The zero-order valence-corrected chi connectivity index (χ0v) is 14.8. The molecule has 0 bridgehead atoms. The van der Waals surface area contributed by atoms with Crippen molar-refractivity contribution >= 4 is 5.91 Å². The van der Waals surface area contributed by atoms with E-state index in [2.05, 4.69) is 28.5 Å². The van der Waals surface area contributed by atoms with Crippen molar-refractivity contribution < 1.29 is 14.3 Å². The Morgan fingerprint density at radius 2 is 2.00 bits per heavy atom. The van der Waals surface area contributed by atoms with Crippen molar-refractivity contribution in [1.29, 1.82) is 0 Å². The van der Waals surface area contributed by atoms with Crippen molar-refractivity contribution in [2.24, 2.45) is 0 Å². The maximum Gasteiger partial charge on any atom is 0.252 e. The van der Waals surface area contributed by atoms with Gasteiger partial charge < -0.3 is 14.8 Å². The van der Waals surface area contributed by atoms with E-state index in [0.717, 1.165) is 32.1 Å². The predicted octanol–water partition coefficient (Wildman–Crippen LogP) is 3.45. The zero-order valence-electron chi connectivity index (χ0n) is 14.8. The molecular formula is C21H24N2O3. The van der Waals surface area contributed by atoms with Crippen LogP contribution in [0.15, 0.2) is 42.6 Å². The highest BCUT2D eigenvalue weighted by atomic mass is 16.5. The van der Waals surface area contributed by atoms with Crippen molar-refractivity contribution in [3.63, 3.8) is 0 Å². The standard InChI is InChI=1S/C21H24N2O3/c24-21(23-19-7-3-5-15-4-1-2-6-18(15)19)16-8-11-22-20(14-16)26-17-9-12-25-13-10-17/h1-2,4,6,8,11,14,17,19H,3,5,7,9-10,12-13H2,(H,23,24)/t19-/m0/s1. The van der Waals surface area contributed by atoms with Crippen LogP contribution in [0.1, 0.15) is 53.2 Å². The van der Waals surface area contributed by atoms with Gasteiger partial charge in [0.05, 0.1) is 19.3 Å². The first-order valence-electron chi connectivity index (χ1n) is 9.39. The molecule has 136 valence electrons. The number of carbonyl (C=O) groups excluding carboxylic acids is 1. The summed E-state index contributed by atoms with van der Waals surface area (Å²) in [6.07, 6.45) is 6.61. The van der Waals surface area contributed by atoms with Gasteiger partial charge in [-0.05, 0) is 36.5 Å². The zero-order chi connectivity index (χ0) is 17.8. The second kappa shape index (κ2) is 7.87. The Balaban J connectivity index is 1.44. The van der Waals surface area contributed by atoms with Gasteiger partial charge in [0.1, 0.15) is 6.10 Å². The third kappa shape index (κ3) is 3.88. The minimum atomic E-state index is -0.0778. The number of hydrogen-bond donors (Lipinski definition) is 1. The molecule has 1 aliphatic heterocycles. The normalized spacial score (nSPS) is 20.2. The van der Waals surface area contributed by atoms with E-state index in [9.17, 15) is 4.79 Å². The van der Waals surface area contributed by atoms with E-state index in [4.69, 9.17) is 9.47 Å². The van der Waals surface area contributed by atoms with Gasteiger partial charge in [-0.15, -0.1) is 0 Å². The number of aromatic nitrogens is 1. The molecule has 1 amide bonds. The Labute approximate surface area is 153 Å². The summed E-state index contributed by atoms with van der Waals surface area (Å²) >= 11 is 0. The molecule has 0 unspecified atom stereocenters. The lowest BCUT2D eigenvalue weighted by Gasteiger charge is -2.26. The maximum atomic E-state index is 12.8. The van der Waals surface area contributed by atoms with Crippen LogP contribution in [-0.4, -0.2) is 30.2 Å². The van der Waals surface area contributed by atoms with Crippen molar-refractivity contribution in [2.75, 3.05) is 13.2 Å². The Kier molecular flexibility index (Phi) is 5.16. The van der Waals surface area contributed by atoms with Gasteiger partial charge >= 0.3 is 0 Å². The fourth-order valence-corrected chi connectivity index (χ4v) is 3.73. The number of rotatable bonds is 4. The highest BCUT2D eigenvalue weighted by molar-refractivity contribution is 5.94. The first-order valence-corrected chi connectivity index (χ1v) is 9.39. The molecule has 5 nitrogen and oxygen atoms in total. The summed E-state index contributed by atoms with van der Waals surface area (Å²) in [5.74, 6) is 0.430. The fraction of sp³-hybridized carbons (Fsp3) is 0.429. The molecule has 26 heavy (non-hydrogen) atoms. The second-order valence-corrected chi connectivity index (χ2v) is 6.93. The van der Waals surface area contributed by atoms with Crippen LogP contribution in [-0.2, 0) is 11.2 Å². The van der Waals surface area contributed by atoms with Crippen LogP contribution in [0, 0.1) is 0 Å². The number of amides is 1. The number of carbonyl (C=O) groups is 1. The quantitative estimate of drug-likeness (QED) is 0.916. The second-order valence-electron chi connectivity index (χ2n) is 6.93. The summed E-state index contributed by atoms with van der Waals surface area (Å²) in [5.41, 5.74) is 3.16. The van der Waals surface area contributed by atoms with Gasteiger partial charge in [0.25, 0.3) is 5.91 Å². The predicted molar refractivity (Wildman–Crippen MR) is 98.3 cm³/mol. The molecule has 2 aliphatic rings. The third-order valence-corrected chi connectivity index (χ3v) is 5.13. The largest absolute Gasteiger partial charge is 0.474 e. The van der Waals surface area contributed by atoms with E-state index in [1.54, 1.807) is 18.3 Å². The third-order valence-electron chi connectivity index (χ3n) is 5.13. The molecule has 1 N–H and O–H groups in total. The van der Waals surface area contributed by atoms with Crippen LogP contribution in [0.2, 0.25) is 0 Å². The fourth-order valence-electron chi connectivity index (χ4n) is 3.73. The lowest BCUT2D eigenvalue weighted by atomic mass is 9.87. The van der Waals surface area contributed by atoms with Crippen LogP contribution in [0.4, 0.5) is 0 Å². The number of fused-ring (bicyclic) bond motifs is 1. The monoisotopic (exact) mass is 352 g/mol. The molecule has 0 spiro atoms. The van der Waals surface area contributed by atoms with E-state index >= 15 is 0 Å². The minimum absolute atomic E-state index is 0.0699. The summed E-state index contributed by atoms with van der Waals surface area (Å²) in [7, 11) is 0. The molecule has 1 aromatic carbocycles. The van der Waals surface area contributed by atoms with Gasteiger partial charge in [0.2, 0.25) is 5.88 Å². The van der Waals surface area contributed by atoms with E-state index < -0.39 is 0 Å². The molecular weight excluding hydrogens is 328 g/mol. The summed E-state index contributed by atoms with van der Waals surface area (Å²) in [6, 6.07) is 11.9. The molecule has 1 aliphatic carbocycles. The molecule has 1 saturated heterocycles. The van der Waals surface area contributed by atoms with Crippen LogP contribution < -0.4 is 10.1 Å². The molecule has 1 fully saturated rings. The minimum Gasteiger partial charge on any atom is -0.474 e. The van der Waals surface area contributed by atoms with Crippen LogP contribution in [0.5, 0.6) is 5.88 Å². The highest BCUT2D eigenvalue weighted by Gasteiger charge is 2.22. The van der Waals surface area contributed by atoms with E-state index in [1.165, 1.54) is 11.1 Å². The van der Waals surface area contributed by atoms with Gasteiger partial charge in [-0.25, -0.2) is 4.98 Å². The van der Waals surface area contributed by atoms with E-state index in [0.29, 0.717) is 24.7 Å². The summed E-state index contributed by atoms with van der Waals surface area (Å²) in [4.78, 5) is 17.0. The summed E-state index contributed by atoms with van der Waals surface area (Å²) in [5, 5.41) is 3.18. The van der Waals surface area contributed by atoms with Crippen molar-refractivity contribution in [1.82, 2.24) is 10.3 Å². The molecule has 0 saturated carbocycles. The van der Waals surface area contributed by atoms with Gasteiger partial charge in [0.15, 0.2) is 0 Å². The topological polar surface area (TPSA) is 60.5 Å². The molecule has 1 aromatic heterocycles. The summed E-state index contributed by atoms with van der Waals surface area (Å²) in [6.45, 7) is 1.43. The molecule has 1 atom stereocenters. The molecule has 5 heteroatoms. The lowest BCUT2D eigenvalue weighted by molar-refractivity contribution is 0.0237. The van der Waals surface area contributed by atoms with Crippen molar-refractivity contribution in [3.05, 3.63) is 59.3 Å². The van der Waals surface area contributed by atoms with Crippen LogP contribution in [0.3, 0.4) is 0 Å². The number of nitrogens with zero attached hydrogens (tertiary/aromatic N) is 1. The Hall–Kier alpha value is -2.40. The van der Waals surface area contributed by atoms with Gasteiger partial charge in [-0.1, -0.05) is 24.3 Å². The number of nitrogens with one attached hydrogen (secondary N) is 1. The van der Waals surface area contributed by atoms with E-state index in [-0.39, 0.29) is 18.1 Å². The Morgan fingerprint density at radius 3 is 2.88 bits per heavy atom. The SMILES string of the molecule is O=C(N[C@H]1CCCc2ccccc21)c1ccnc(OC2CCOCC2)c1. The summed E-state index contributed by atoms with van der Waals surface area (Å²) < 4.78 is 11.3. The molecule has 2 aromatic rings. The highest BCUT2D eigenvalue weighted by Crippen LogP contribution is 2.29. The number of aryl methyl sites for hydroxylation is 1. The smallest absolute Gasteiger partial charge is 0.252 e. The van der Waals surface area contributed by atoms with Crippen molar-refractivity contribution in [2.45, 2.75) is 44.2 Å². The number of pyridine rings is 1. The van der Waals surface area contributed by atoms with Gasteiger partial charge in [-0.3, -0.25) is 4.79 Å². The molecule has 2 heterocycles. The van der Waals surface area contributed by atoms with Gasteiger partial charge in [-0.2, -0.15) is 0 Å². The van der Waals surface area contributed by atoms with Gasteiger partial charge in [0, 0.05) is 30.7 Å². The van der Waals surface area contributed by atoms with Crippen molar-refractivity contribution in [3.8, 4) is 5.88 Å². The van der Waals surface area contributed by atoms with Crippen LogP contribution in [0.25, 0.3) is 0 Å². The number of ether oxygens (including phenoxy) is 2. The maximum absolute atomic E-state index is 12.8. The Bertz CT molecular complexity index is 771. The van der Waals surface area contributed by atoms with E-state index in [1.807, 2.05) is 6.07 Å². The average molecular weight is 352 g/mol. The average Bonchev–Trinajstić information content (AvgIpc) is 2.69. The number of hydrogen-bond acceptors (Lipinski definition) is 4. The number of benzene rings is 1. The first kappa shape index (κ1) is 17.0. The molecule has 4 rings (SSSR count). The molecule has 0 radical (unpaired) electrons. The lowest BCUT2D eigenvalue weighted by Crippen LogP contribution is -2.31. The Morgan fingerprint density at radius 1 is 1.15 bits per heavy atom. The van der Waals surface area contributed by atoms with Crippen LogP contribution >= 0.6 is 0 Å².